The fourth-order valence-electron chi connectivity index (χ4n) is 1.19. The Morgan fingerprint density at radius 3 is 2.67 bits per heavy atom. The highest BCUT2D eigenvalue weighted by Crippen LogP contribution is 2.27. The Balaban J connectivity index is 2.84. The third-order valence-corrected chi connectivity index (χ3v) is 2.41. The normalized spacial score (nSPS) is 10.5. The van der Waals surface area contributed by atoms with Crippen molar-refractivity contribution in [1.29, 1.82) is 0 Å². The van der Waals surface area contributed by atoms with E-state index in [4.69, 9.17) is 28.3 Å². The molecule has 0 spiro atoms. The van der Waals surface area contributed by atoms with E-state index in [1.165, 1.54) is 0 Å². The predicted molar refractivity (Wildman–Crippen MR) is 56.5 cm³/mol. The van der Waals surface area contributed by atoms with Crippen molar-refractivity contribution in [1.82, 2.24) is 9.97 Å². The average molecular weight is 243 g/mol. The number of aromatic nitrogens is 2. The van der Waals surface area contributed by atoms with Gasteiger partial charge < -0.3 is 5.11 Å². The highest BCUT2D eigenvalue weighted by molar-refractivity contribution is 6.41. The SMILES string of the molecule is O=C(O)c1nc(Cl)c2c(Cl)cccc2n1. The summed E-state index contributed by atoms with van der Waals surface area (Å²) in [6.45, 7) is 0. The first-order chi connectivity index (χ1) is 7.09. The topological polar surface area (TPSA) is 63.1 Å². The molecule has 1 aromatic carbocycles. The van der Waals surface area contributed by atoms with Crippen LogP contribution in [0.15, 0.2) is 18.2 Å². The largest absolute Gasteiger partial charge is 0.475 e. The number of fused-ring (bicyclic) bond motifs is 1. The molecule has 0 bridgehead atoms. The maximum absolute atomic E-state index is 10.7. The quantitative estimate of drug-likeness (QED) is 0.782. The average Bonchev–Trinajstić information content (AvgIpc) is 2.17. The summed E-state index contributed by atoms with van der Waals surface area (Å²) in [7, 11) is 0. The lowest BCUT2D eigenvalue weighted by Crippen LogP contribution is -2.04. The van der Waals surface area contributed by atoms with Crippen molar-refractivity contribution in [2.75, 3.05) is 0 Å². The number of hydrogen-bond donors (Lipinski definition) is 1. The molecule has 0 fully saturated rings. The fraction of sp³-hybridized carbons (Fsp3) is 0. The monoisotopic (exact) mass is 242 g/mol. The van der Waals surface area contributed by atoms with Gasteiger partial charge in [-0.1, -0.05) is 29.3 Å². The molecule has 0 amide bonds. The lowest BCUT2D eigenvalue weighted by molar-refractivity contribution is 0.0684. The fourth-order valence-corrected chi connectivity index (χ4v) is 1.78. The van der Waals surface area contributed by atoms with E-state index < -0.39 is 5.97 Å². The molecule has 0 aliphatic rings. The minimum Gasteiger partial charge on any atom is -0.475 e. The summed E-state index contributed by atoms with van der Waals surface area (Å²) in [6.07, 6.45) is 0. The van der Waals surface area contributed by atoms with E-state index in [9.17, 15) is 4.79 Å². The Hall–Kier alpha value is -1.39. The van der Waals surface area contributed by atoms with E-state index >= 15 is 0 Å². The third kappa shape index (κ3) is 1.73. The second-order valence-electron chi connectivity index (χ2n) is 2.78. The molecule has 0 atom stereocenters. The number of halogens is 2. The number of carboxylic acid groups (broad SMARTS) is 1. The van der Waals surface area contributed by atoms with E-state index in [1.807, 2.05) is 0 Å². The molecule has 2 rings (SSSR count). The number of benzene rings is 1. The minimum atomic E-state index is -1.22. The van der Waals surface area contributed by atoms with E-state index in [0.717, 1.165) is 0 Å². The van der Waals surface area contributed by atoms with Crippen LogP contribution in [0.2, 0.25) is 10.2 Å². The Labute approximate surface area is 94.5 Å². The van der Waals surface area contributed by atoms with Crippen molar-refractivity contribution in [2.24, 2.45) is 0 Å². The smallest absolute Gasteiger partial charge is 0.374 e. The number of carboxylic acids is 1. The molecule has 4 nitrogen and oxygen atoms in total. The molecule has 0 aliphatic heterocycles. The molecule has 76 valence electrons. The van der Waals surface area contributed by atoms with Crippen LogP contribution in [0.1, 0.15) is 10.6 Å². The van der Waals surface area contributed by atoms with Gasteiger partial charge in [0.25, 0.3) is 0 Å². The predicted octanol–water partition coefficient (Wildman–Crippen LogP) is 2.63. The summed E-state index contributed by atoms with van der Waals surface area (Å²) in [6, 6.07) is 4.93. The van der Waals surface area contributed by atoms with Gasteiger partial charge in [0.05, 0.1) is 15.9 Å². The van der Waals surface area contributed by atoms with Crippen LogP contribution in [-0.4, -0.2) is 21.0 Å². The zero-order chi connectivity index (χ0) is 11.0. The molecule has 1 heterocycles. The maximum Gasteiger partial charge on any atom is 0.374 e. The second-order valence-corrected chi connectivity index (χ2v) is 3.54. The third-order valence-electron chi connectivity index (χ3n) is 1.82. The van der Waals surface area contributed by atoms with Gasteiger partial charge in [0.1, 0.15) is 5.15 Å². The first kappa shape index (κ1) is 10.1. The number of hydrogen-bond acceptors (Lipinski definition) is 3. The van der Waals surface area contributed by atoms with Gasteiger partial charge in [0, 0.05) is 0 Å². The summed E-state index contributed by atoms with van der Waals surface area (Å²) < 4.78 is 0. The molecule has 0 radical (unpaired) electrons. The van der Waals surface area contributed by atoms with Crippen LogP contribution >= 0.6 is 23.2 Å². The van der Waals surface area contributed by atoms with E-state index in [-0.39, 0.29) is 11.0 Å². The first-order valence-corrected chi connectivity index (χ1v) is 4.70. The van der Waals surface area contributed by atoms with Gasteiger partial charge in [-0.25, -0.2) is 14.8 Å². The maximum atomic E-state index is 10.7. The molecule has 0 aliphatic carbocycles. The van der Waals surface area contributed by atoms with Crippen LogP contribution in [0.3, 0.4) is 0 Å². The highest BCUT2D eigenvalue weighted by Gasteiger charge is 2.13. The second kappa shape index (κ2) is 3.64. The summed E-state index contributed by atoms with van der Waals surface area (Å²) in [5.74, 6) is -1.56. The van der Waals surface area contributed by atoms with Crippen LogP contribution in [0.5, 0.6) is 0 Å². The summed E-state index contributed by atoms with van der Waals surface area (Å²) in [5, 5.41) is 9.63. The van der Waals surface area contributed by atoms with Gasteiger partial charge >= 0.3 is 5.97 Å². The molecule has 0 unspecified atom stereocenters. The van der Waals surface area contributed by atoms with Crippen LogP contribution in [0, 0.1) is 0 Å². The van der Waals surface area contributed by atoms with Gasteiger partial charge in [0.2, 0.25) is 5.82 Å². The summed E-state index contributed by atoms with van der Waals surface area (Å²) >= 11 is 11.7. The van der Waals surface area contributed by atoms with Gasteiger partial charge in [-0.3, -0.25) is 0 Å². The molecule has 0 saturated carbocycles. The summed E-state index contributed by atoms with van der Waals surface area (Å²) in [5.41, 5.74) is 0.417. The lowest BCUT2D eigenvalue weighted by atomic mass is 10.2. The Bertz CT molecular complexity index is 557. The molecule has 15 heavy (non-hydrogen) atoms. The number of carbonyl (C=O) groups is 1. The number of nitrogens with zero attached hydrogens (tertiary/aromatic N) is 2. The molecule has 6 heteroatoms. The van der Waals surface area contributed by atoms with Crippen molar-refractivity contribution in [3.05, 3.63) is 34.2 Å². The van der Waals surface area contributed by atoms with Crippen LogP contribution in [0.25, 0.3) is 10.9 Å². The van der Waals surface area contributed by atoms with Crippen molar-refractivity contribution in [3.63, 3.8) is 0 Å². The van der Waals surface area contributed by atoms with Gasteiger partial charge in [-0.15, -0.1) is 0 Å². The van der Waals surface area contributed by atoms with Crippen molar-refractivity contribution >= 4 is 40.1 Å². The van der Waals surface area contributed by atoms with Crippen molar-refractivity contribution in [3.8, 4) is 0 Å². The van der Waals surface area contributed by atoms with E-state index in [0.29, 0.717) is 15.9 Å². The van der Waals surface area contributed by atoms with Gasteiger partial charge in [0.15, 0.2) is 0 Å². The molecular weight excluding hydrogens is 239 g/mol. The Morgan fingerprint density at radius 2 is 2.00 bits per heavy atom. The highest BCUT2D eigenvalue weighted by atomic mass is 35.5. The number of aromatic carboxylic acids is 1. The van der Waals surface area contributed by atoms with Gasteiger partial charge in [-0.2, -0.15) is 0 Å². The van der Waals surface area contributed by atoms with Crippen LogP contribution in [-0.2, 0) is 0 Å². The molecular formula is C9H4Cl2N2O2. The molecule has 1 aromatic heterocycles. The zero-order valence-electron chi connectivity index (χ0n) is 7.24. The Morgan fingerprint density at radius 1 is 1.27 bits per heavy atom. The van der Waals surface area contributed by atoms with Crippen LogP contribution < -0.4 is 0 Å². The number of rotatable bonds is 1. The summed E-state index contributed by atoms with van der Waals surface area (Å²) in [4.78, 5) is 18.1. The van der Waals surface area contributed by atoms with Crippen molar-refractivity contribution < 1.29 is 9.90 Å². The lowest BCUT2D eigenvalue weighted by Gasteiger charge is -2.02. The van der Waals surface area contributed by atoms with Crippen LogP contribution in [0.4, 0.5) is 0 Å². The van der Waals surface area contributed by atoms with E-state index in [1.54, 1.807) is 18.2 Å². The Kier molecular flexibility index (Phi) is 2.46. The molecule has 1 N–H and O–H groups in total. The minimum absolute atomic E-state index is 0.0444. The van der Waals surface area contributed by atoms with Crippen molar-refractivity contribution in [2.45, 2.75) is 0 Å². The van der Waals surface area contributed by atoms with Gasteiger partial charge in [-0.05, 0) is 12.1 Å². The van der Waals surface area contributed by atoms with E-state index in [2.05, 4.69) is 9.97 Å². The molecule has 2 aromatic rings. The molecule has 0 saturated heterocycles. The first-order valence-electron chi connectivity index (χ1n) is 3.94. The zero-order valence-corrected chi connectivity index (χ0v) is 8.75. The standard InChI is InChI=1S/C9H4Cl2N2O2/c10-4-2-1-3-5-6(4)7(11)13-8(12-5)9(14)15/h1-3H,(H,14,15).